The molecule has 2 aromatic carbocycles. The number of hydrogen-bond acceptors (Lipinski definition) is 2. The van der Waals surface area contributed by atoms with Crippen LogP contribution in [0.15, 0.2) is 54.6 Å². The molecule has 27 heavy (non-hydrogen) atoms. The van der Waals surface area contributed by atoms with Crippen molar-refractivity contribution < 1.29 is 22.8 Å². The molecular formula is C19H16F3N3O2. The lowest BCUT2D eigenvalue weighted by Gasteiger charge is -2.09. The molecule has 0 aliphatic heterocycles. The Balaban J connectivity index is 1.48. The van der Waals surface area contributed by atoms with E-state index in [1.807, 2.05) is 24.3 Å². The summed E-state index contributed by atoms with van der Waals surface area (Å²) < 4.78 is 37.5. The number of rotatable bonds is 5. The van der Waals surface area contributed by atoms with Gasteiger partial charge in [-0.05, 0) is 36.4 Å². The lowest BCUT2D eigenvalue weighted by Crippen LogP contribution is -2.34. The summed E-state index contributed by atoms with van der Waals surface area (Å²) in [6.45, 7) is 0.326. The average Bonchev–Trinajstić information content (AvgIpc) is 3.08. The number of halogens is 3. The van der Waals surface area contributed by atoms with Crippen molar-refractivity contribution in [2.24, 2.45) is 0 Å². The van der Waals surface area contributed by atoms with Gasteiger partial charge in [0.05, 0.1) is 5.56 Å². The summed E-state index contributed by atoms with van der Waals surface area (Å²) in [5, 5.41) is 6.12. The summed E-state index contributed by atoms with van der Waals surface area (Å²) >= 11 is 0. The summed E-state index contributed by atoms with van der Waals surface area (Å²) in [5.41, 5.74) is 0.554. The molecule has 3 rings (SSSR count). The molecule has 0 saturated heterocycles. The molecule has 0 aliphatic carbocycles. The zero-order valence-electron chi connectivity index (χ0n) is 14.1. The van der Waals surface area contributed by atoms with Crippen LogP contribution in [0.3, 0.4) is 0 Å². The Morgan fingerprint density at radius 1 is 0.889 bits per heavy atom. The molecule has 0 aliphatic rings. The van der Waals surface area contributed by atoms with Crippen molar-refractivity contribution in [3.8, 4) is 0 Å². The van der Waals surface area contributed by atoms with Crippen LogP contribution in [0, 0.1) is 0 Å². The van der Waals surface area contributed by atoms with Gasteiger partial charge in [-0.2, -0.15) is 13.2 Å². The third-order valence-corrected chi connectivity index (χ3v) is 3.95. The second-order valence-corrected chi connectivity index (χ2v) is 5.86. The summed E-state index contributed by atoms with van der Waals surface area (Å²) in [5.74, 6) is -0.821. The minimum Gasteiger partial charge on any atom is -0.351 e. The number of aromatic amines is 1. The second-order valence-electron chi connectivity index (χ2n) is 5.86. The van der Waals surface area contributed by atoms with Crippen LogP contribution in [-0.2, 0) is 6.18 Å². The van der Waals surface area contributed by atoms with Gasteiger partial charge >= 0.3 is 6.18 Å². The summed E-state index contributed by atoms with van der Waals surface area (Å²) in [6, 6.07) is 13.1. The predicted octanol–water partition coefficient (Wildman–Crippen LogP) is 3.35. The van der Waals surface area contributed by atoms with E-state index in [0.29, 0.717) is 5.69 Å². The van der Waals surface area contributed by atoms with Crippen LogP contribution in [-0.4, -0.2) is 29.9 Å². The fraction of sp³-hybridized carbons (Fsp3) is 0.158. The van der Waals surface area contributed by atoms with Crippen molar-refractivity contribution in [3.05, 3.63) is 71.4 Å². The lowest BCUT2D eigenvalue weighted by atomic mass is 10.1. The summed E-state index contributed by atoms with van der Waals surface area (Å²) in [7, 11) is 0. The number of H-pyrrole nitrogens is 1. The third kappa shape index (κ3) is 4.46. The molecule has 3 N–H and O–H groups in total. The number of fused-ring (bicyclic) bond motifs is 1. The maximum Gasteiger partial charge on any atom is 0.416 e. The van der Waals surface area contributed by atoms with Gasteiger partial charge in [0.25, 0.3) is 11.8 Å². The van der Waals surface area contributed by atoms with Gasteiger partial charge in [0, 0.05) is 29.6 Å². The monoisotopic (exact) mass is 375 g/mol. The van der Waals surface area contributed by atoms with Gasteiger partial charge in [-0.3, -0.25) is 9.59 Å². The van der Waals surface area contributed by atoms with Gasteiger partial charge < -0.3 is 15.6 Å². The van der Waals surface area contributed by atoms with E-state index < -0.39 is 17.6 Å². The lowest BCUT2D eigenvalue weighted by molar-refractivity contribution is -0.137. The molecule has 0 atom stereocenters. The molecule has 3 aromatic rings. The number of carbonyl (C=O) groups is 2. The van der Waals surface area contributed by atoms with Crippen molar-refractivity contribution in [3.63, 3.8) is 0 Å². The average molecular weight is 375 g/mol. The van der Waals surface area contributed by atoms with Crippen LogP contribution >= 0.6 is 0 Å². The minimum absolute atomic E-state index is 0.116. The Morgan fingerprint density at radius 3 is 2.15 bits per heavy atom. The van der Waals surface area contributed by atoms with Crippen LogP contribution < -0.4 is 10.6 Å². The van der Waals surface area contributed by atoms with Crippen LogP contribution in [0.4, 0.5) is 13.2 Å². The first kappa shape index (κ1) is 18.5. The highest BCUT2D eigenvalue weighted by Gasteiger charge is 2.30. The van der Waals surface area contributed by atoms with Gasteiger partial charge in [-0.15, -0.1) is 0 Å². The van der Waals surface area contributed by atoms with Crippen molar-refractivity contribution in [1.29, 1.82) is 0 Å². The number of hydrogen-bond donors (Lipinski definition) is 3. The largest absolute Gasteiger partial charge is 0.416 e. The Morgan fingerprint density at radius 2 is 1.52 bits per heavy atom. The van der Waals surface area contributed by atoms with E-state index >= 15 is 0 Å². The molecule has 0 radical (unpaired) electrons. The standard InChI is InChI=1S/C19H16F3N3O2/c20-19(21,22)14-7-5-12(6-8-14)17(26)23-9-10-24-18(27)16-11-13-3-1-2-4-15(13)25-16/h1-8,11,25H,9-10H2,(H,23,26)(H,24,27). The number of amides is 2. The number of para-hydroxylation sites is 1. The fourth-order valence-electron chi connectivity index (χ4n) is 2.56. The number of carbonyl (C=O) groups excluding carboxylic acids is 2. The Kier molecular flexibility index (Phi) is 5.16. The first-order valence-corrected chi connectivity index (χ1v) is 8.16. The molecule has 0 saturated carbocycles. The number of alkyl halides is 3. The van der Waals surface area contributed by atoms with E-state index in [0.717, 1.165) is 35.2 Å². The quantitative estimate of drug-likeness (QED) is 0.599. The first-order chi connectivity index (χ1) is 12.8. The topological polar surface area (TPSA) is 74.0 Å². The second kappa shape index (κ2) is 7.53. The Hall–Kier alpha value is -3.29. The van der Waals surface area contributed by atoms with Gasteiger partial charge in [-0.1, -0.05) is 18.2 Å². The highest BCUT2D eigenvalue weighted by Crippen LogP contribution is 2.29. The maximum atomic E-state index is 12.5. The van der Waals surface area contributed by atoms with Crippen LogP contribution in [0.2, 0.25) is 0 Å². The maximum absolute atomic E-state index is 12.5. The summed E-state index contributed by atoms with van der Waals surface area (Å²) in [4.78, 5) is 27.0. The van der Waals surface area contributed by atoms with E-state index in [4.69, 9.17) is 0 Å². The molecule has 0 bridgehead atoms. The number of benzene rings is 2. The predicted molar refractivity (Wildman–Crippen MR) is 94.4 cm³/mol. The zero-order valence-corrected chi connectivity index (χ0v) is 14.1. The van der Waals surface area contributed by atoms with E-state index in [9.17, 15) is 22.8 Å². The van der Waals surface area contributed by atoms with Crippen molar-refractivity contribution >= 4 is 22.7 Å². The van der Waals surface area contributed by atoms with Crippen molar-refractivity contribution in [2.45, 2.75) is 6.18 Å². The van der Waals surface area contributed by atoms with Gasteiger partial charge in [-0.25, -0.2) is 0 Å². The SMILES string of the molecule is O=C(NCCNC(=O)c1cc2ccccc2[nH]1)c1ccc(C(F)(F)F)cc1. The van der Waals surface area contributed by atoms with Gasteiger partial charge in [0.15, 0.2) is 0 Å². The normalized spacial score (nSPS) is 11.4. The smallest absolute Gasteiger partial charge is 0.351 e. The molecular weight excluding hydrogens is 359 g/mol. The Labute approximate surface area is 152 Å². The molecule has 0 spiro atoms. The molecule has 8 heteroatoms. The van der Waals surface area contributed by atoms with Crippen LogP contribution in [0.25, 0.3) is 10.9 Å². The Bertz CT molecular complexity index is 929. The van der Waals surface area contributed by atoms with E-state index in [2.05, 4.69) is 15.6 Å². The molecule has 5 nitrogen and oxygen atoms in total. The van der Waals surface area contributed by atoms with Crippen molar-refractivity contribution in [2.75, 3.05) is 13.1 Å². The van der Waals surface area contributed by atoms with E-state index in [1.54, 1.807) is 6.07 Å². The first-order valence-electron chi connectivity index (χ1n) is 8.16. The molecule has 140 valence electrons. The molecule has 0 fully saturated rings. The zero-order chi connectivity index (χ0) is 19.4. The molecule has 2 amide bonds. The highest BCUT2D eigenvalue weighted by atomic mass is 19.4. The number of nitrogens with one attached hydrogen (secondary N) is 3. The van der Waals surface area contributed by atoms with E-state index in [-0.39, 0.29) is 24.6 Å². The van der Waals surface area contributed by atoms with Crippen LogP contribution in [0.1, 0.15) is 26.4 Å². The molecule has 0 unspecified atom stereocenters. The molecule has 1 heterocycles. The minimum atomic E-state index is -4.44. The van der Waals surface area contributed by atoms with Gasteiger partial charge in [0.2, 0.25) is 0 Å². The van der Waals surface area contributed by atoms with Gasteiger partial charge in [0.1, 0.15) is 5.69 Å². The summed E-state index contributed by atoms with van der Waals surface area (Å²) in [6.07, 6.45) is -4.44. The van der Waals surface area contributed by atoms with Crippen molar-refractivity contribution in [1.82, 2.24) is 15.6 Å². The number of aromatic nitrogens is 1. The van der Waals surface area contributed by atoms with E-state index in [1.165, 1.54) is 0 Å². The third-order valence-electron chi connectivity index (χ3n) is 3.95. The highest BCUT2D eigenvalue weighted by molar-refractivity contribution is 5.98. The fourth-order valence-corrected chi connectivity index (χ4v) is 2.56. The molecule has 1 aromatic heterocycles. The van der Waals surface area contributed by atoms with Crippen LogP contribution in [0.5, 0.6) is 0 Å².